The third-order valence-electron chi connectivity index (χ3n) is 5.31. The van der Waals surface area contributed by atoms with Gasteiger partial charge in [-0.15, -0.1) is 0 Å². The first-order valence-electron chi connectivity index (χ1n) is 9.93. The van der Waals surface area contributed by atoms with E-state index in [0.29, 0.717) is 13.1 Å². The molecule has 4 rings (SSSR count). The molecule has 3 aromatic carbocycles. The summed E-state index contributed by atoms with van der Waals surface area (Å²) in [6.45, 7) is 1.01. The number of hydrogen-bond acceptors (Lipinski definition) is 2. The van der Waals surface area contributed by atoms with Gasteiger partial charge in [0.25, 0.3) is 0 Å². The summed E-state index contributed by atoms with van der Waals surface area (Å²) in [6, 6.07) is 27.9. The highest BCUT2D eigenvalue weighted by Gasteiger charge is 2.34. The lowest BCUT2D eigenvalue weighted by Crippen LogP contribution is -2.28. The summed E-state index contributed by atoms with van der Waals surface area (Å²) >= 11 is 0. The molecule has 1 saturated heterocycles. The van der Waals surface area contributed by atoms with Crippen molar-refractivity contribution in [3.05, 3.63) is 102 Å². The van der Waals surface area contributed by atoms with Gasteiger partial charge in [0.05, 0.1) is 5.92 Å². The average molecular weight is 384 g/mol. The van der Waals surface area contributed by atoms with Crippen LogP contribution in [0.1, 0.15) is 23.1 Å². The summed E-state index contributed by atoms with van der Waals surface area (Å²) in [5.74, 6) is -0.378. The normalized spacial score (nSPS) is 16.1. The molecule has 29 heavy (non-hydrogen) atoms. The van der Waals surface area contributed by atoms with Gasteiger partial charge in [-0.05, 0) is 29.2 Å². The second-order valence-electron chi connectivity index (χ2n) is 7.47. The van der Waals surface area contributed by atoms with E-state index in [2.05, 4.69) is 17.4 Å². The molecule has 3 aromatic rings. The SMILES string of the molecule is O=C(Nc1ccccc1Cc1ccccc1)C1CC(=O)N(Cc2ccccc2)C1. The Morgan fingerprint density at radius 3 is 2.21 bits per heavy atom. The molecule has 1 N–H and O–H groups in total. The Labute approximate surface area is 171 Å². The van der Waals surface area contributed by atoms with Crippen LogP contribution < -0.4 is 5.32 Å². The number of carbonyl (C=O) groups excluding carboxylic acids is 2. The van der Waals surface area contributed by atoms with Crippen LogP contribution in [0.5, 0.6) is 0 Å². The maximum atomic E-state index is 12.9. The lowest BCUT2D eigenvalue weighted by molar-refractivity contribution is -0.128. The van der Waals surface area contributed by atoms with Gasteiger partial charge < -0.3 is 10.2 Å². The molecule has 1 unspecified atom stereocenters. The number of likely N-dealkylation sites (tertiary alicyclic amines) is 1. The monoisotopic (exact) mass is 384 g/mol. The van der Waals surface area contributed by atoms with Gasteiger partial charge in [0, 0.05) is 25.2 Å². The second kappa shape index (κ2) is 8.74. The Hall–Kier alpha value is -3.40. The Morgan fingerprint density at radius 1 is 0.862 bits per heavy atom. The zero-order valence-corrected chi connectivity index (χ0v) is 16.3. The smallest absolute Gasteiger partial charge is 0.229 e. The maximum Gasteiger partial charge on any atom is 0.229 e. The highest BCUT2D eigenvalue weighted by Crippen LogP contribution is 2.24. The van der Waals surface area contributed by atoms with Crippen LogP contribution in [0, 0.1) is 5.92 Å². The van der Waals surface area contributed by atoms with Crippen LogP contribution in [0.15, 0.2) is 84.9 Å². The van der Waals surface area contributed by atoms with Gasteiger partial charge >= 0.3 is 0 Å². The molecule has 146 valence electrons. The van der Waals surface area contributed by atoms with Gasteiger partial charge in [0.2, 0.25) is 11.8 Å². The van der Waals surface area contributed by atoms with Crippen molar-refractivity contribution < 1.29 is 9.59 Å². The van der Waals surface area contributed by atoms with Crippen LogP contribution >= 0.6 is 0 Å². The van der Waals surface area contributed by atoms with Crippen LogP contribution in [0.3, 0.4) is 0 Å². The Morgan fingerprint density at radius 2 is 1.48 bits per heavy atom. The van der Waals surface area contributed by atoms with Gasteiger partial charge in [-0.1, -0.05) is 78.9 Å². The van der Waals surface area contributed by atoms with Crippen molar-refractivity contribution in [2.75, 3.05) is 11.9 Å². The molecular weight excluding hydrogens is 360 g/mol. The summed E-state index contributed by atoms with van der Waals surface area (Å²) in [7, 11) is 0. The van der Waals surface area contributed by atoms with Crippen molar-refractivity contribution in [2.24, 2.45) is 5.92 Å². The molecule has 1 heterocycles. The first-order valence-corrected chi connectivity index (χ1v) is 9.93. The molecule has 1 fully saturated rings. The number of rotatable bonds is 6. The summed E-state index contributed by atoms with van der Waals surface area (Å²) < 4.78 is 0. The minimum atomic E-state index is -0.323. The van der Waals surface area contributed by atoms with E-state index in [-0.39, 0.29) is 24.2 Å². The molecular formula is C25H24N2O2. The highest BCUT2D eigenvalue weighted by atomic mass is 16.2. The van der Waals surface area contributed by atoms with Crippen molar-refractivity contribution in [3.63, 3.8) is 0 Å². The van der Waals surface area contributed by atoms with E-state index in [4.69, 9.17) is 0 Å². The van der Waals surface area contributed by atoms with E-state index >= 15 is 0 Å². The fourth-order valence-electron chi connectivity index (χ4n) is 3.75. The molecule has 0 spiro atoms. The van der Waals surface area contributed by atoms with E-state index in [1.54, 1.807) is 4.90 Å². The minimum absolute atomic E-state index is 0.0339. The third kappa shape index (κ3) is 4.72. The van der Waals surface area contributed by atoms with Gasteiger partial charge in [-0.2, -0.15) is 0 Å². The lowest BCUT2D eigenvalue weighted by Gasteiger charge is -2.17. The van der Waals surface area contributed by atoms with Crippen LogP contribution in [-0.4, -0.2) is 23.3 Å². The van der Waals surface area contributed by atoms with Crippen LogP contribution in [0.4, 0.5) is 5.69 Å². The van der Waals surface area contributed by atoms with Crippen molar-refractivity contribution in [1.29, 1.82) is 0 Å². The van der Waals surface area contributed by atoms with E-state index in [1.165, 1.54) is 5.56 Å². The number of nitrogens with zero attached hydrogens (tertiary/aromatic N) is 1. The number of amides is 2. The highest BCUT2D eigenvalue weighted by molar-refractivity contribution is 5.97. The zero-order valence-electron chi connectivity index (χ0n) is 16.3. The number of para-hydroxylation sites is 1. The van der Waals surface area contributed by atoms with Gasteiger partial charge in [-0.3, -0.25) is 9.59 Å². The number of anilines is 1. The first kappa shape index (κ1) is 18.9. The molecule has 0 aromatic heterocycles. The number of benzene rings is 3. The molecule has 4 heteroatoms. The third-order valence-corrected chi connectivity index (χ3v) is 5.31. The Kier molecular flexibility index (Phi) is 5.71. The lowest BCUT2D eigenvalue weighted by atomic mass is 10.0. The molecule has 1 aliphatic heterocycles. The average Bonchev–Trinajstić information content (AvgIpc) is 3.11. The van der Waals surface area contributed by atoms with Gasteiger partial charge in [-0.25, -0.2) is 0 Å². The number of nitrogens with one attached hydrogen (secondary N) is 1. The standard InChI is InChI=1S/C25H24N2O2/c28-24-16-22(18-27(24)17-20-11-5-2-6-12-20)25(29)26-23-14-8-7-13-21(23)15-19-9-3-1-4-10-19/h1-14,22H,15-18H2,(H,26,29). The first-order chi connectivity index (χ1) is 14.2. The second-order valence-corrected chi connectivity index (χ2v) is 7.47. The van der Waals surface area contributed by atoms with Gasteiger partial charge in [0.15, 0.2) is 0 Å². The topological polar surface area (TPSA) is 49.4 Å². The fourth-order valence-corrected chi connectivity index (χ4v) is 3.75. The van der Waals surface area contributed by atoms with E-state index in [9.17, 15) is 9.59 Å². The number of hydrogen-bond donors (Lipinski definition) is 1. The van der Waals surface area contributed by atoms with Crippen LogP contribution in [-0.2, 0) is 22.6 Å². The summed E-state index contributed by atoms with van der Waals surface area (Å²) in [6.07, 6.45) is 1.01. The van der Waals surface area contributed by atoms with Gasteiger partial charge in [0.1, 0.15) is 0 Å². The molecule has 2 amide bonds. The van der Waals surface area contributed by atoms with E-state index in [1.807, 2.05) is 72.8 Å². The summed E-state index contributed by atoms with van der Waals surface area (Å²) in [5, 5.41) is 3.06. The molecule has 1 atom stereocenters. The Balaban J connectivity index is 1.42. The van der Waals surface area contributed by atoms with Crippen molar-refractivity contribution >= 4 is 17.5 Å². The van der Waals surface area contributed by atoms with Crippen molar-refractivity contribution in [2.45, 2.75) is 19.4 Å². The quantitative estimate of drug-likeness (QED) is 0.690. The molecule has 4 nitrogen and oxygen atoms in total. The van der Waals surface area contributed by atoms with Crippen molar-refractivity contribution in [3.8, 4) is 0 Å². The molecule has 0 radical (unpaired) electrons. The van der Waals surface area contributed by atoms with Crippen molar-refractivity contribution in [1.82, 2.24) is 4.90 Å². The Bertz CT molecular complexity index is 986. The molecule has 0 saturated carbocycles. The predicted octanol–water partition coefficient (Wildman–Crippen LogP) is 4.26. The molecule has 0 aliphatic carbocycles. The number of carbonyl (C=O) groups is 2. The zero-order chi connectivity index (χ0) is 20.1. The van der Waals surface area contributed by atoms with Crippen LogP contribution in [0.25, 0.3) is 0 Å². The molecule has 1 aliphatic rings. The largest absolute Gasteiger partial charge is 0.338 e. The van der Waals surface area contributed by atoms with E-state index in [0.717, 1.165) is 23.2 Å². The maximum absolute atomic E-state index is 12.9. The minimum Gasteiger partial charge on any atom is -0.338 e. The van der Waals surface area contributed by atoms with E-state index < -0.39 is 0 Å². The summed E-state index contributed by atoms with van der Waals surface area (Å²) in [4.78, 5) is 27.0. The fraction of sp³-hybridized carbons (Fsp3) is 0.200. The molecule has 0 bridgehead atoms. The predicted molar refractivity (Wildman–Crippen MR) is 114 cm³/mol. The van der Waals surface area contributed by atoms with Crippen LogP contribution in [0.2, 0.25) is 0 Å². The summed E-state index contributed by atoms with van der Waals surface area (Å²) in [5.41, 5.74) is 4.15.